The van der Waals surface area contributed by atoms with Crippen LogP contribution in [0.1, 0.15) is 13.8 Å². The fourth-order valence-corrected chi connectivity index (χ4v) is 1.38. The molecule has 0 spiro atoms. The van der Waals surface area contributed by atoms with E-state index in [0.29, 0.717) is 0 Å². The van der Waals surface area contributed by atoms with E-state index < -0.39 is 5.82 Å². The van der Waals surface area contributed by atoms with Gasteiger partial charge in [0.15, 0.2) is 18.2 Å². The second kappa shape index (κ2) is 6.96. The summed E-state index contributed by atoms with van der Waals surface area (Å²) in [5.74, 6) is -0.732. The van der Waals surface area contributed by atoms with Crippen molar-refractivity contribution in [1.82, 2.24) is 5.32 Å². The van der Waals surface area contributed by atoms with Gasteiger partial charge in [-0.3, -0.25) is 4.79 Å². The normalized spacial score (nSPS) is 12.3. The van der Waals surface area contributed by atoms with E-state index in [1.807, 2.05) is 13.8 Å². The SMILES string of the molecule is CC(C)[C@@H](CO)NC(=O)COc1ccccc1F. The minimum absolute atomic E-state index is 0.0396. The van der Waals surface area contributed by atoms with E-state index in [9.17, 15) is 9.18 Å². The van der Waals surface area contributed by atoms with E-state index in [4.69, 9.17) is 9.84 Å². The number of benzene rings is 1. The third kappa shape index (κ3) is 4.33. The molecule has 0 heterocycles. The molecule has 1 atom stereocenters. The Kier molecular flexibility index (Phi) is 5.58. The molecule has 0 saturated heterocycles. The van der Waals surface area contributed by atoms with E-state index in [2.05, 4.69) is 5.32 Å². The fourth-order valence-electron chi connectivity index (χ4n) is 1.38. The number of carbonyl (C=O) groups excluding carboxylic acids is 1. The zero-order valence-corrected chi connectivity index (χ0v) is 10.5. The first-order valence-corrected chi connectivity index (χ1v) is 5.82. The maximum atomic E-state index is 13.2. The molecular weight excluding hydrogens is 237 g/mol. The van der Waals surface area contributed by atoms with Crippen LogP contribution in [0, 0.1) is 11.7 Å². The van der Waals surface area contributed by atoms with Gasteiger partial charge in [-0.2, -0.15) is 0 Å². The van der Waals surface area contributed by atoms with Crippen LogP contribution in [0.25, 0.3) is 0 Å². The van der Waals surface area contributed by atoms with Crippen LogP contribution in [0.2, 0.25) is 0 Å². The van der Waals surface area contributed by atoms with Gasteiger partial charge in [0.25, 0.3) is 5.91 Å². The molecule has 1 aromatic carbocycles. The number of ether oxygens (including phenoxy) is 1. The summed E-state index contributed by atoms with van der Waals surface area (Å²) in [6, 6.07) is 5.57. The quantitative estimate of drug-likeness (QED) is 0.806. The van der Waals surface area contributed by atoms with Gasteiger partial charge in [0, 0.05) is 0 Å². The van der Waals surface area contributed by atoms with Crippen molar-refractivity contribution in [3.8, 4) is 5.75 Å². The highest BCUT2D eigenvalue weighted by atomic mass is 19.1. The zero-order chi connectivity index (χ0) is 13.5. The Bertz CT molecular complexity index is 396. The minimum atomic E-state index is -0.507. The third-order valence-electron chi connectivity index (χ3n) is 2.54. The number of para-hydroxylation sites is 1. The molecule has 0 aliphatic carbocycles. The molecule has 5 heteroatoms. The molecule has 0 aliphatic rings. The van der Waals surface area contributed by atoms with Crippen molar-refractivity contribution in [3.05, 3.63) is 30.1 Å². The molecule has 4 nitrogen and oxygen atoms in total. The second-order valence-corrected chi connectivity index (χ2v) is 4.32. The Morgan fingerprint density at radius 1 is 1.44 bits per heavy atom. The summed E-state index contributed by atoms with van der Waals surface area (Å²) in [6.07, 6.45) is 0. The third-order valence-corrected chi connectivity index (χ3v) is 2.54. The summed E-state index contributed by atoms with van der Waals surface area (Å²) < 4.78 is 18.3. The fraction of sp³-hybridized carbons (Fsp3) is 0.462. The van der Waals surface area contributed by atoms with E-state index in [1.165, 1.54) is 12.1 Å². The number of hydrogen-bond donors (Lipinski definition) is 2. The Labute approximate surface area is 106 Å². The van der Waals surface area contributed by atoms with Crippen molar-refractivity contribution < 1.29 is 19.0 Å². The van der Waals surface area contributed by atoms with Crippen LogP contribution in [-0.4, -0.2) is 30.3 Å². The minimum Gasteiger partial charge on any atom is -0.481 e. The highest BCUT2D eigenvalue weighted by Crippen LogP contribution is 2.14. The molecule has 2 N–H and O–H groups in total. The van der Waals surface area contributed by atoms with E-state index in [-0.39, 0.29) is 36.8 Å². The molecule has 0 fully saturated rings. The smallest absolute Gasteiger partial charge is 0.258 e. The lowest BCUT2D eigenvalue weighted by Gasteiger charge is -2.19. The number of aliphatic hydroxyl groups is 1. The molecule has 1 rings (SSSR count). The van der Waals surface area contributed by atoms with Crippen molar-refractivity contribution in [2.45, 2.75) is 19.9 Å². The Hall–Kier alpha value is -1.62. The molecular formula is C13H18FNO3. The number of rotatable bonds is 6. The highest BCUT2D eigenvalue weighted by molar-refractivity contribution is 5.77. The van der Waals surface area contributed by atoms with Crippen LogP contribution in [-0.2, 0) is 4.79 Å². The van der Waals surface area contributed by atoms with Crippen molar-refractivity contribution in [3.63, 3.8) is 0 Å². The number of amides is 1. The van der Waals surface area contributed by atoms with Crippen molar-refractivity contribution >= 4 is 5.91 Å². The monoisotopic (exact) mass is 255 g/mol. The maximum Gasteiger partial charge on any atom is 0.258 e. The largest absolute Gasteiger partial charge is 0.481 e. The van der Waals surface area contributed by atoms with Gasteiger partial charge in [-0.1, -0.05) is 26.0 Å². The highest BCUT2D eigenvalue weighted by Gasteiger charge is 2.15. The first-order valence-electron chi connectivity index (χ1n) is 5.82. The van der Waals surface area contributed by atoms with Crippen LogP contribution in [0.15, 0.2) is 24.3 Å². The Balaban J connectivity index is 2.44. The molecule has 0 bridgehead atoms. The van der Waals surface area contributed by atoms with Gasteiger partial charge in [-0.05, 0) is 18.1 Å². The molecule has 1 amide bonds. The molecule has 0 unspecified atom stereocenters. The molecule has 100 valence electrons. The maximum absolute atomic E-state index is 13.2. The van der Waals surface area contributed by atoms with Gasteiger partial charge in [0.2, 0.25) is 0 Å². The molecule has 1 aromatic rings. The average molecular weight is 255 g/mol. The van der Waals surface area contributed by atoms with Gasteiger partial charge in [0.1, 0.15) is 0 Å². The zero-order valence-electron chi connectivity index (χ0n) is 10.5. The summed E-state index contributed by atoms with van der Waals surface area (Å²) in [5.41, 5.74) is 0. The van der Waals surface area contributed by atoms with Gasteiger partial charge in [0.05, 0.1) is 12.6 Å². The number of carbonyl (C=O) groups is 1. The lowest BCUT2D eigenvalue weighted by molar-refractivity contribution is -0.124. The van der Waals surface area contributed by atoms with Crippen molar-refractivity contribution in [2.75, 3.05) is 13.2 Å². The summed E-state index contributed by atoms with van der Waals surface area (Å²) in [7, 11) is 0. The summed E-state index contributed by atoms with van der Waals surface area (Å²) >= 11 is 0. The van der Waals surface area contributed by atoms with Crippen LogP contribution in [0.5, 0.6) is 5.75 Å². The van der Waals surface area contributed by atoms with E-state index in [1.54, 1.807) is 12.1 Å². The summed E-state index contributed by atoms with van der Waals surface area (Å²) in [5, 5.41) is 11.7. The van der Waals surface area contributed by atoms with Crippen LogP contribution in [0.4, 0.5) is 4.39 Å². The number of halogens is 1. The first kappa shape index (κ1) is 14.4. The Morgan fingerprint density at radius 2 is 2.11 bits per heavy atom. The predicted octanol–water partition coefficient (Wildman–Crippen LogP) is 1.34. The molecule has 0 saturated carbocycles. The second-order valence-electron chi connectivity index (χ2n) is 4.32. The van der Waals surface area contributed by atoms with E-state index >= 15 is 0 Å². The first-order chi connectivity index (χ1) is 8.54. The summed E-state index contributed by atoms with van der Waals surface area (Å²) in [6.45, 7) is 3.37. The van der Waals surface area contributed by atoms with Crippen molar-refractivity contribution in [1.29, 1.82) is 0 Å². The molecule has 18 heavy (non-hydrogen) atoms. The average Bonchev–Trinajstić information content (AvgIpc) is 2.34. The summed E-state index contributed by atoms with van der Waals surface area (Å²) in [4.78, 5) is 11.5. The molecule has 0 aliphatic heterocycles. The number of hydrogen-bond acceptors (Lipinski definition) is 3. The van der Waals surface area contributed by atoms with Gasteiger partial charge in [-0.25, -0.2) is 4.39 Å². The van der Waals surface area contributed by atoms with Crippen LogP contribution >= 0.6 is 0 Å². The lowest BCUT2D eigenvalue weighted by Crippen LogP contribution is -2.43. The topological polar surface area (TPSA) is 58.6 Å². The van der Waals surface area contributed by atoms with Crippen molar-refractivity contribution in [2.24, 2.45) is 5.92 Å². The number of nitrogens with one attached hydrogen (secondary N) is 1. The van der Waals surface area contributed by atoms with E-state index in [0.717, 1.165) is 0 Å². The Morgan fingerprint density at radius 3 is 2.67 bits per heavy atom. The van der Waals surface area contributed by atoms with Crippen LogP contribution in [0.3, 0.4) is 0 Å². The van der Waals surface area contributed by atoms with Gasteiger partial charge < -0.3 is 15.2 Å². The lowest BCUT2D eigenvalue weighted by atomic mass is 10.1. The van der Waals surface area contributed by atoms with Gasteiger partial charge in [-0.15, -0.1) is 0 Å². The molecule has 0 radical (unpaired) electrons. The van der Waals surface area contributed by atoms with Crippen LogP contribution < -0.4 is 10.1 Å². The number of aliphatic hydroxyl groups excluding tert-OH is 1. The van der Waals surface area contributed by atoms with Gasteiger partial charge >= 0.3 is 0 Å². The standard InChI is InChI=1S/C13H18FNO3/c1-9(2)11(7-16)15-13(17)8-18-12-6-4-3-5-10(12)14/h3-6,9,11,16H,7-8H2,1-2H3,(H,15,17)/t11-/m1/s1. The predicted molar refractivity (Wildman–Crippen MR) is 65.7 cm³/mol. The molecule has 0 aromatic heterocycles.